The summed E-state index contributed by atoms with van der Waals surface area (Å²) in [6, 6.07) is 0. The fourth-order valence-corrected chi connectivity index (χ4v) is 1.03. The van der Waals surface area contributed by atoms with E-state index < -0.39 is 11.9 Å². The second kappa shape index (κ2) is 9.06. The van der Waals surface area contributed by atoms with E-state index >= 15 is 0 Å². The normalized spacial score (nSPS) is 10.6. The summed E-state index contributed by atoms with van der Waals surface area (Å²) in [6.45, 7) is 10.3. The first-order valence-corrected chi connectivity index (χ1v) is 5.54. The first-order valence-electron chi connectivity index (χ1n) is 5.54. The molecule has 4 heteroatoms. The number of allylic oxidation sites excluding steroid dienone is 1. The third-order valence-corrected chi connectivity index (χ3v) is 1.93. The minimum atomic E-state index is -0.494. The second-order valence-corrected chi connectivity index (χ2v) is 3.58. The highest BCUT2D eigenvalue weighted by molar-refractivity contribution is 5.86. The predicted molar refractivity (Wildman–Crippen MR) is 68.5 cm³/mol. The van der Waals surface area contributed by atoms with Crippen LogP contribution in [0.1, 0.15) is 20.3 Å². The SMILES string of the molecule is C=CC(C#CC)CC(=O)OCCOC(=O)C(=C)C. The molecule has 0 N–H and O–H groups in total. The number of hydrogen-bond acceptors (Lipinski definition) is 4. The predicted octanol–water partition coefficient (Wildman–Crippen LogP) is 1.86. The third kappa shape index (κ3) is 7.29. The van der Waals surface area contributed by atoms with Crippen molar-refractivity contribution in [3.63, 3.8) is 0 Å². The lowest BCUT2D eigenvalue weighted by atomic mass is 10.1. The maximum atomic E-state index is 11.4. The molecule has 0 aliphatic carbocycles. The first-order chi connectivity index (χ1) is 8.51. The van der Waals surface area contributed by atoms with Crippen LogP contribution in [0, 0.1) is 17.8 Å². The smallest absolute Gasteiger partial charge is 0.333 e. The molecule has 0 aliphatic rings. The highest BCUT2D eigenvalue weighted by atomic mass is 16.6. The van der Waals surface area contributed by atoms with Gasteiger partial charge in [0.25, 0.3) is 0 Å². The molecule has 0 spiro atoms. The molecule has 1 unspecified atom stereocenters. The van der Waals surface area contributed by atoms with Gasteiger partial charge in [-0.1, -0.05) is 18.6 Å². The summed E-state index contributed by atoms with van der Waals surface area (Å²) in [5.74, 6) is 4.44. The van der Waals surface area contributed by atoms with Crippen LogP contribution in [0.25, 0.3) is 0 Å². The van der Waals surface area contributed by atoms with Gasteiger partial charge in [-0.3, -0.25) is 4.79 Å². The van der Waals surface area contributed by atoms with E-state index in [2.05, 4.69) is 25.0 Å². The Morgan fingerprint density at radius 3 is 2.44 bits per heavy atom. The molecular formula is C14H18O4. The molecule has 0 fully saturated rings. The lowest BCUT2D eigenvalue weighted by Gasteiger charge is -2.07. The van der Waals surface area contributed by atoms with E-state index in [1.54, 1.807) is 19.9 Å². The molecule has 0 aromatic rings. The van der Waals surface area contributed by atoms with Gasteiger partial charge in [-0.2, -0.15) is 0 Å². The summed E-state index contributed by atoms with van der Waals surface area (Å²) < 4.78 is 9.66. The van der Waals surface area contributed by atoms with Gasteiger partial charge < -0.3 is 9.47 Å². The summed E-state index contributed by atoms with van der Waals surface area (Å²) in [5, 5.41) is 0. The Hall–Kier alpha value is -2.02. The molecule has 0 aromatic carbocycles. The van der Waals surface area contributed by atoms with E-state index in [-0.39, 0.29) is 25.6 Å². The molecule has 0 saturated heterocycles. The molecule has 4 nitrogen and oxygen atoms in total. The highest BCUT2D eigenvalue weighted by Gasteiger charge is 2.10. The van der Waals surface area contributed by atoms with Crippen molar-refractivity contribution >= 4 is 11.9 Å². The van der Waals surface area contributed by atoms with Crippen molar-refractivity contribution in [2.75, 3.05) is 13.2 Å². The van der Waals surface area contributed by atoms with Crippen LogP contribution in [-0.2, 0) is 19.1 Å². The summed E-state index contributed by atoms with van der Waals surface area (Å²) in [5.41, 5.74) is 0.311. The lowest BCUT2D eigenvalue weighted by Crippen LogP contribution is -2.15. The van der Waals surface area contributed by atoms with Crippen molar-refractivity contribution in [1.29, 1.82) is 0 Å². The van der Waals surface area contributed by atoms with Crippen molar-refractivity contribution in [1.82, 2.24) is 0 Å². The van der Waals surface area contributed by atoms with Crippen LogP contribution in [-0.4, -0.2) is 25.2 Å². The molecule has 0 radical (unpaired) electrons. The van der Waals surface area contributed by atoms with Gasteiger partial charge >= 0.3 is 11.9 Å². The Morgan fingerprint density at radius 2 is 1.94 bits per heavy atom. The average Bonchev–Trinajstić information content (AvgIpc) is 2.33. The number of carbonyl (C=O) groups is 2. The Balaban J connectivity index is 3.83. The van der Waals surface area contributed by atoms with Crippen molar-refractivity contribution in [2.45, 2.75) is 20.3 Å². The van der Waals surface area contributed by atoms with Crippen LogP contribution in [0.2, 0.25) is 0 Å². The summed E-state index contributed by atoms with van der Waals surface area (Å²) in [6.07, 6.45) is 1.75. The number of hydrogen-bond donors (Lipinski definition) is 0. The second-order valence-electron chi connectivity index (χ2n) is 3.58. The summed E-state index contributed by atoms with van der Waals surface area (Å²) in [7, 11) is 0. The van der Waals surface area contributed by atoms with E-state index in [0.29, 0.717) is 5.57 Å². The van der Waals surface area contributed by atoms with Gasteiger partial charge in [0.2, 0.25) is 0 Å². The van der Waals surface area contributed by atoms with Gasteiger partial charge in [-0.15, -0.1) is 12.5 Å². The zero-order valence-corrected chi connectivity index (χ0v) is 10.8. The van der Waals surface area contributed by atoms with Gasteiger partial charge in [0.1, 0.15) is 13.2 Å². The van der Waals surface area contributed by atoms with Crippen LogP contribution in [0.15, 0.2) is 24.8 Å². The topological polar surface area (TPSA) is 52.6 Å². The number of carbonyl (C=O) groups excluding carboxylic acids is 2. The molecular weight excluding hydrogens is 232 g/mol. The fourth-order valence-electron chi connectivity index (χ4n) is 1.03. The van der Waals surface area contributed by atoms with E-state index in [0.717, 1.165) is 0 Å². The average molecular weight is 250 g/mol. The van der Waals surface area contributed by atoms with Crippen LogP contribution < -0.4 is 0 Å². The minimum absolute atomic E-state index is 0.0235. The van der Waals surface area contributed by atoms with Crippen LogP contribution in [0.3, 0.4) is 0 Å². The Morgan fingerprint density at radius 1 is 1.33 bits per heavy atom. The van der Waals surface area contributed by atoms with Crippen LogP contribution in [0.4, 0.5) is 0 Å². The molecule has 0 amide bonds. The van der Waals surface area contributed by atoms with E-state index in [1.807, 2.05) is 0 Å². The van der Waals surface area contributed by atoms with Gasteiger partial charge in [-0.05, 0) is 13.8 Å². The highest BCUT2D eigenvalue weighted by Crippen LogP contribution is 2.04. The van der Waals surface area contributed by atoms with Crippen LogP contribution in [0.5, 0.6) is 0 Å². The number of ether oxygens (including phenoxy) is 2. The van der Waals surface area contributed by atoms with Gasteiger partial charge in [-0.25, -0.2) is 4.79 Å². The largest absolute Gasteiger partial charge is 0.462 e. The van der Waals surface area contributed by atoms with Crippen molar-refractivity contribution in [3.05, 3.63) is 24.8 Å². The van der Waals surface area contributed by atoms with E-state index in [9.17, 15) is 9.59 Å². The Bertz CT molecular complexity index is 384. The zero-order chi connectivity index (χ0) is 14.0. The van der Waals surface area contributed by atoms with Crippen molar-refractivity contribution in [2.24, 2.45) is 5.92 Å². The Labute approximate surface area is 108 Å². The molecule has 1 atom stereocenters. The molecule has 0 heterocycles. The fraction of sp³-hybridized carbons (Fsp3) is 0.429. The standard InChI is InChI=1S/C14H18O4/c1-5-7-12(6-2)10-13(15)17-8-9-18-14(16)11(3)4/h6,12H,2-3,8-10H2,1,4H3. The minimum Gasteiger partial charge on any atom is -0.462 e. The maximum Gasteiger partial charge on any atom is 0.333 e. The monoisotopic (exact) mass is 250 g/mol. The quantitative estimate of drug-likeness (QED) is 0.227. The molecule has 18 heavy (non-hydrogen) atoms. The van der Waals surface area contributed by atoms with Gasteiger partial charge in [0.15, 0.2) is 0 Å². The van der Waals surface area contributed by atoms with E-state index in [1.165, 1.54) is 0 Å². The first kappa shape index (κ1) is 16.0. The number of esters is 2. The zero-order valence-electron chi connectivity index (χ0n) is 10.8. The third-order valence-electron chi connectivity index (χ3n) is 1.93. The maximum absolute atomic E-state index is 11.4. The summed E-state index contributed by atoms with van der Waals surface area (Å²) in [4.78, 5) is 22.4. The lowest BCUT2D eigenvalue weighted by molar-refractivity contribution is -0.150. The number of rotatable bonds is 7. The van der Waals surface area contributed by atoms with Crippen molar-refractivity contribution in [3.8, 4) is 11.8 Å². The summed E-state index contributed by atoms with van der Waals surface area (Å²) >= 11 is 0. The molecule has 0 aromatic heterocycles. The van der Waals surface area contributed by atoms with E-state index in [4.69, 9.17) is 9.47 Å². The molecule has 0 bridgehead atoms. The molecule has 0 rings (SSSR count). The Kier molecular flexibility index (Phi) is 8.04. The molecule has 0 saturated carbocycles. The van der Waals surface area contributed by atoms with Crippen LogP contribution >= 0.6 is 0 Å². The van der Waals surface area contributed by atoms with Gasteiger partial charge in [0.05, 0.1) is 6.42 Å². The van der Waals surface area contributed by atoms with Gasteiger partial charge in [0, 0.05) is 11.5 Å². The molecule has 0 aliphatic heterocycles. The molecule has 98 valence electrons. The van der Waals surface area contributed by atoms with Crippen molar-refractivity contribution < 1.29 is 19.1 Å².